The van der Waals surface area contributed by atoms with Gasteiger partial charge in [-0.05, 0) is 35.9 Å². The Morgan fingerprint density at radius 1 is 0.909 bits per heavy atom. The van der Waals surface area contributed by atoms with Gasteiger partial charge in [-0.1, -0.05) is 60.3 Å². The molecule has 3 aromatic rings. The molecule has 1 aromatic heterocycles. The summed E-state index contributed by atoms with van der Waals surface area (Å²) in [5.41, 5.74) is 1.48. The fourth-order valence-electron chi connectivity index (χ4n) is 2.01. The fourth-order valence-corrected chi connectivity index (χ4v) is 2.81. The Hall–Kier alpha value is -2.70. The van der Waals surface area contributed by atoms with E-state index in [1.165, 1.54) is 0 Å². The van der Waals surface area contributed by atoms with Crippen LogP contribution >= 0.6 is 11.8 Å². The average Bonchev–Trinajstić information content (AvgIpc) is 3.01. The lowest BCUT2D eigenvalue weighted by molar-refractivity contribution is 0.466. The molecule has 0 unspecified atom stereocenters. The van der Waals surface area contributed by atoms with E-state index in [2.05, 4.69) is 6.07 Å². The van der Waals surface area contributed by atoms with Crippen LogP contribution in [0.1, 0.15) is 11.3 Å². The lowest BCUT2D eigenvalue weighted by Gasteiger charge is -1.98. The van der Waals surface area contributed by atoms with Gasteiger partial charge in [-0.25, -0.2) is 0 Å². The van der Waals surface area contributed by atoms with E-state index in [9.17, 15) is 5.26 Å². The highest BCUT2D eigenvalue weighted by Crippen LogP contribution is 2.30. The number of rotatable bonds is 4. The van der Waals surface area contributed by atoms with Crippen molar-refractivity contribution in [2.45, 2.75) is 9.99 Å². The Morgan fingerprint density at radius 2 is 1.59 bits per heavy atom. The maximum absolute atomic E-state index is 9.32. The SMILES string of the molecule is N#CC(=Cc1ccc(Sc2ccccc2)o1)c1ccccc1. The van der Waals surface area contributed by atoms with Crippen LogP contribution < -0.4 is 0 Å². The lowest BCUT2D eigenvalue weighted by Crippen LogP contribution is -1.79. The van der Waals surface area contributed by atoms with Gasteiger partial charge in [0.05, 0.1) is 11.6 Å². The molecule has 3 rings (SSSR count). The van der Waals surface area contributed by atoms with Crippen LogP contribution in [0.2, 0.25) is 0 Å². The summed E-state index contributed by atoms with van der Waals surface area (Å²) in [6.07, 6.45) is 1.77. The van der Waals surface area contributed by atoms with Crippen LogP contribution in [0.15, 0.2) is 87.2 Å². The van der Waals surface area contributed by atoms with E-state index in [0.29, 0.717) is 11.3 Å². The van der Waals surface area contributed by atoms with Crippen molar-refractivity contribution in [3.63, 3.8) is 0 Å². The lowest BCUT2D eigenvalue weighted by atomic mass is 10.1. The molecule has 0 saturated carbocycles. The maximum atomic E-state index is 9.32. The third-order valence-corrected chi connectivity index (χ3v) is 3.98. The van der Waals surface area contributed by atoms with Gasteiger partial charge < -0.3 is 4.42 Å². The number of benzene rings is 2. The van der Waals surface area contributed by atoms with Gasteiger partial charge in [-0.3, -0.25) is 0 Å². The van der Waals surface area contributed by atoms with Crippen molar-refractivity contribution in [2.75, 3.05) is 0 Å². The van der Waals surface area contributed by atoms with Crippen LogP contribution in [0, 0.1) is 11.3 Å². The first-order valence-electron chi connectivity index (χ1n) is 6.85. The minimum Gasteiger partial charge on any atom is -0.450 e. The fraction of sp³-hybridized carbons (Fsp3) is 0. The van der Waals surface area contributed by atoms with Gasteiger partial charge in [0.25, 0.3) is 0 Å². The minimum absolute atomic E-state index is 0.589. The number of nitriles is 1. The van der Waals surface area contributed by atoms with Crippen LogP contribution in [0.5, 0.6) is 0 Å². The van der Waals surface area contributed by atoms with Crippen LogP contribution in [0.3, 0.4) is 0 Å². The summed E-state index contributed by atoms with van der Waals surface area (Å²) in [6.45, 7) is 0. The van der Waals surface area contributed by atoms with E-state index in [1.54, 1.807) is 17.8 Å². The monoisotopic (exact) mass is 303 g/mol. The summed E-state index contributed by atoms with van der Waals surface area (Å²) in [5.74, 6) is 0.679. The molecular formula is C19H13NOS. The molecule has 106 valence electrons. The first-order chi connectivity index (χ1) is 10.8. The van der Waals surface area contributed by atoms with E-state index in [4.69, 9.17) is 4.42 Å². The summed E-state index contributed by atoms with van der Waals surface area (Å²) in [4.78, 5) is 1.12. The molecule has 2 nitrogen and oxygen atoms in total. The summed E-state index contributed by atoms with van der Waals surface area (Å²) in [6, 6.07) is 25.7. The predicted octanol–water partition coefficient (Wildman–Crippen LogP) is 5.49. The number of furan rings is 1. The van der Waals surface area contributed by atoms with Crippen molar-refractivity contribution in [3.05, 3.63) is 84.1 Å². The molecule has 0 aliphatic heterocycles. The van der Waals surface area contributed by atoms with Crippen LogP contribution in [-0.4, -0.2) is 0 Å². The molecular weight excluding hydrogens is 290 g/mol. The van der Waals surface area contributed by atoms with Crippen LogP contribution in [0.4, 0.5) is 0 Å². The van der Waals surface area contributed by atoms with E-state index >= 15 is 0 Å². The molecule has 1 heterocycles. The molecule has 0 bridgehead atoms. The Balaban J connectivity index is 1.82. The van der Waals surface area contributed by atoms with Gasteiger partial charge in [0.15, 0.2) is 5.09 Å². The molecule has 0 spiro atoms. The molecule has 0 aliphatic rings. The zero-order valence-electron chi connectivity index (χ0n) is 11.8. The maximum Gasteiger partial charge on any atom is 0.165 e. The van der Waals surface area contributed by atoms with Crippen molar-refractivity contribution in [2.24, 2.45) is 0 Å². The summed E-state index contributed by atoms with van der Waals surface area (Å²) in [7, 11) is 0. The number of hydrogen-bond donors (Lipinski definition) is 0. The normalized spacial score (nSPS) is 11.1. The van der Waals surface area contributed by atoms with Crippen molar-refractivity contribution in [1.29, 1.82) is 5.26 Å². The third kappa shape index (κ3) is 3.49. The summed E-state index contributed by atoms with van der Waals surface area (Å²) in [5, 5.41) is 10.1. The average molecular weight is 303 g/mol. The number of allylic oxidation sites excluding steroid dienone is 1. The Morgan fingerprint density at radius 3 is 2.27 bits per heavy atom. The highest BCUT2D eigenvalue weighted by molar-refractivity contribution is 7.99. The van der Waals surface area contributed by atoms with Gasteiger partial charge in [0.1, 0.15) is 5.76 Å². The highest BCUT2D eigenvalue weighted by Gasteiger charge is 2.05. The molecule has 0 radical (unpaired) electrons. The molecule has 3 heteroatoms. The standard InChI is InChI=1S/C19H13NOS/c20-14-16(15-7-3-1-4-8-15)13-17-11-12-19(21-17)22-18-9-5-2-6-10-18/h1-13H. The smallest absolute Gasteiger partial charge is 0.165 e. The predicted molar refractivity (Wildman–Crippen MR) is 89.2 cm³/mol. The zero-order valence-corrected chi connectivity index (χ0v) is 12.6. The van der Waals surface area contributed by atoms with Crippen molar-refractivity contribution < 1.29 is 4.42 Å². The van der Waals surface area contributed by atoms with Crippen molar-refractivity contribution in [3.8, 4) is 6.07 Å². The first kappa shape index (κ1) is 14.2. The summed E-state index contributed by atoms with van der Waals surface area (Å²) >= 11 is 1.56. The second-order valence-corrected chi connectivity index (χ2v) is 5.69. The first-order valence-corrected chi connectivity index (χ1v) is 7.67. The van der Waals surface area contributed by atoms with E-state index < -0.39 is 0 Å². The van der Waals surface area contributed by atoms with E-state index in [0.717, 1.165) is 15.6 Å². The molecule has 0 aliphatic carbocycles. The molecule has 0 fully saturated rings. The molecule has 0 atom stereocenters. The van der Waals surface area contributed by atoms with Crippen LogP contribution in [-0.2, 0) is 0 Å². The second-order valence-electron chi connectivity index (χ2n) is 4.61. The van der Waals surface area contributed by atoms with Crippen molar-refractivity contribution >= 4 is 23.4 Å². The van der Waals surface area contributed by atoms with E-state index in [1.807, 2.05) is 72.8 Å². The van der Waals surface area contributed by atoms with E-state index in [-0.39, 0.29) is 0 Å². The van der Waals surface area contributed by atoms with Crippen LogP contribution in [0.25, 0.3) is 11.6 Å². The van der Waals surface area contributed by atoms with Crippen molar-refractivity contribution in [1.82, 2.24) is 0 Å². The number of nitrogens with zero attached hydrogens (tertiary/aromatic N) is 1. The third-order valence-electron chi connectivity index (χ3n) is 3.06. The largest absolute Gasteiger partial charge is 0.450 e. The Bertz CT molecular complexity index is 813. The topological polar surface area (TPSA) is 36.9 Å². The molecule has 22 heavy (non-hydrogen) atoms. The van der Waals surface area contributed by atoms with Gasteiger partial charge in [0, 0.05) is 4.90 Å². The molecule has 2 aromatic carbocycles. The number of hydrogen-bond acceptors (Lipinski definition) is 3. The summed E-state index contributed by atoms with van der Waals surface area (Å²) < 4.78 is 5.78. The zero-order chi connectivity index (χ0) is 15.2. The quantitative estimate of drug-likeness (QED) is 0.598. The minimum atomic E-state index is 0.589. The van der Waals surface area contributed by atoms with Gasteiger partial charge in [0.2, 0.25) is 0 Å². The molecule has 0 saturated heterocycles. The van der Waals surface area contributed by atoms with Gasteiger partial charge in [-0.15, -0.1) is 0 Å². The van der Waals surface area contributed by atoms with Gasteiger partial charge >= 0.3 is 0 Å². The van der Waals surface area contributed by atoms with Gasteiger partial charge in [-0.2, -0.15) is 5.26 Å². The molecule has 0 amide bonds. The second kappa shape index (κ2) is 6.84. The Kier molecular flexibility index (Phi) is 4.43. The highest BCUT2D eigenvalue weighted by atomic mass is 32.2. The molecule has 0 N–H and O–H groups in total. The Labute approximate surface area is 133 Å².